The van der Waals surface area contributed by atoms with E-state index in [0.717, 1.165) is 72.5 Å². The number of amides is 1. The number of nitrogens with zero attached hydrogens (tertiary/aromatic N) is 4. The Hall–Kier alpha value is -3.85. The standard InChI is InChI=1S/C35H37F2N5O2/c1-20-3-2-10-40(15-20)19-31-38-32-30(22-6-7-22)18-42(35(44)33(32)39-31)27-12-23(21-4-5-21)11-24(13-27)28-9-8-25(36)14-29(28)34(43)41-16-26(37)17-41/h8-9,11-14,18,20-22,26H,2-7,10,15-17,19H2,1H3,(H,38,39)/t20-/m0/s1. The molecule has 1 amide bonds. The molecule has 2 saturated heterocycles. The monoisotopic (exact) mass is 597 g/mol. The lowest BCUT2D eigenvalue weighted by Gasteiger charge is -2.34. The Morgan fingerprint density at radius 2 is 1.82 bits per heavy atom. The third-order valence-electron chi connectivity index (χ3n) is 9.77. The number of hydrogen-bond acceptors (Lipinski definition) is 4. The predicted octanol–water partition coefficient (Wildman–Crippen LogP) is 6.30. The van der Waals surface area contributed by atoms with Crippen LogP contribution in [0.2, 0.25) is 0 Å². The number of rotatable bonds is 7. The first-order chi connectivity index (χ1) is 21.3. The highest BCUT2D eigenvalue weighted by Crippen LogP contribution is 2.44. The van der Waals surface area contributed by atoms with E-state index in [0.29, 0.717) is 35.4 Å². The van der Waals surface area contributed by atoms with Gasteiger partial charge in [-0.05, 0) is 104 Å². The molecule has 9 heteroatoms. The molecule has 8 rings (SSSR count). The average Bonchev–Trinajstić information content (AvgIpc) is 3.93. The molecule has 7 nitrogen and oxygen atoms in total. The maximum atomic E-state index is 14.4. The van der Waals surface area contributed by atoms with E-state index in [4.69, 9.17) is 4.98 Å². The third kappa shape index (κ3) is 5.15. The van der Waals surface area contributed by atoms with Crippen LogP contribution in [-0.4, -0.2) is 62.6 Å². The number of pyridine rings is 1. The Labute approximate surface area is 254 Å². The number of aromatic nitrogens is 3. The Morgan fingerprint density at radius 1 is 1.02 bits per heavy atom. The fourth-order valence-electron chi connectivity index (χ4n) is 7.05. The minimum absolute atomic E-state index is 0.0183. The van der Waals surface area contributed by atoms with Gasteiger partial charge in [0.05, 0.1) is 30.7 Å². The number of aromatic amines is 1. The number of likely N-dealkylation sites (tertiary alicyclic amines) is 2. The Balaban J connectivity index is 1.23. The first-order valence-corrected chi connectivity index (χ1v) is 16.1. The minimum atomic E-state index is -1.05. The molecular weight excluding hydrogens is 560 g/mol. The van der Waals surface area contributed by atoms with E-state index < -0.39 is 12.0 Å². The van der Waals surface area contributed by atoms with Crippen molar-refractivity contribution in [1.82, 2.24) is 24.3 Å². The molecule has 0 unspecified atom stereocenters. The van der Waals surface area contributed by atoms with Crippen LogP contribution in [0.15, 0.2) is 47.4 Å². The van der Waals surface area contributed by atoms with Crippen molar-refractivity contribution >= 4 is 16.9 Å². The second-order valence-electron chi connectivity index (χ2n) is 13.5. The summed E-state index contributed by atoms with van der Waals surface area (Å²) in [5, 5.41) is 0. The number of carbonyl (C=O) groups is 1. The van der Waals surface area contributed by atoms with Gasteiger partial charge < -0.3 is 9.88 Å². The van der Waals surface area contributed by atoms with Crippen LogP contribution in [0.5, 0.6) is 0 Å². The molecule has 2 aliphatic carbocycles. The number of imidazole rings is 1. The van der Waals surface area contributed by atoms with E-state index in [1.54, 1.807) is 10.6 Å². The molecule has 0 spiro atoms. The summed E-state index contributed by atoms with van der Waals surface area (Å²) in [6.07, 6.45) is 7.61. The lowest BCUT2D eigenvalue weighted by molar-refractivity contribution is 0.0400. The van der Waals surface area contributed by atoms with Gasteiger partial charge in [0.15, 0.2) is 0 Å². The van der Waals surface area contributed by atoms with Gasteiger partial charge >= 0.3 is 0 Å². The maximum Gasteiger partial charge on any atom is 0.281 e. The molecule has 2 aromatic carbocycles. The molecule has 2 aromatic heterocycles. The SMILES string of the molecule is C[C@H]1CCCN(Cc2nc3c(C4CC4)cn(-c4cc(-c5ccc(F)cc5C(=O)N5CC(F)C5)cc(C5CC5)c4)c(=O)c3[nH]2)C1. The Morgan fingerprint density at radius 3 is 2.55 bits per heavy atom. The van der Waals surface area contributed by atoms with Gasteiger partial charge in [0.25, 0.3) is 11.5 Å². The van der Waals surface area contributed by atoms with Crippen LogP contribution in [0.1, 0.15) is 84.6 Å². The number of alkyl halides is 1. The van der Waals surface area contributed by atoms with Gasteiger partial charge in [-0.2, -0.15) is 0 Å². The van der Waals surface area contributed by atoms with Crippen molar-refractivity contribution in [2.24, 2.45) is 5.92 Å². The van der Waals surface area contributed by atoms with Gasteiger partial charge in [-0.15, -0.1) is 0 Å². The zero-order valence-corrected chi connectivity index (χ0v) is 25.0. The molecule has 1 atom stereocenters. The van der Waals surface area contributed by atoms with E-state index in [1.807, 2.05) is 12.3 Å². The third-order valence-corrected chi connectivity index (χ3v) is 9.77. The normalized spacial score (nSPS) is 21.2. The lowest BCUT2D eigenvalue weighted by Crippen LogP contribution is -2.51. The second-order valence-corrected chi connectivity index (χ2v) is 13.5. The first-order valence-electron chi connectivity index (χ1n) is 16.1. The van der Waals surface area contributed by atoms with E-state index in [9.17, 15) is 18.4 Å². The van der Waals surface area contributed by atoms with Gasteiger partial charge in [-0.25, -0.2) is 13.8 Å². The molecule has 44 heavy (non-hydrogen) atoms. The van der Waals surface area contributed by atoms with Crippen LogP contribution in [0.25, 0.3) is 27.8 Å². The number of carbonyl (C=O) groups excluding carboxylic acids is 1. The van der Waals surface area contributed by atoms with Crippen molar-refractivity contribution in [1.29, 1.82) is 0 Å². The van der Waals surface area contributed by atoms with Gasteiger partial charge in [0.2, 0.25) is 0 Å². The average molecular weight is 598 g/mol. The molecule has 1 N–H and O–H groups in total. The van der Waals surface area contributed by atoms with E-state index in [2.05, 4.69) is 28.9 Å². The molecule has 0 bridgehead atoms. The van der Waals surface area contributed by atoms with Crippen molar-refractivity contribution in [3.8, 4) is 16.8 Å². The van der Waals surface area contributed by atoms with Crippen molar-refractivity contribution in [2.45, 2.75) is 70.0 Å². The van der Waals surface area contributed by atoms with Crippen LogP contribution >= 0.6 is 0 Å². The second kappa shape index (κ2) is 10.6. The highest BCUT2D eigenvalue weighted by atomic mass is 19.1. The van der Waals surface area contributed by atoms with Crippen LogP contribution in [0, 0.1) is 11.7 Å². The van der Waals surface area contributed by atoms with Crippen LogP contribution in [0.3, 0.4) is 0 Å². The fourth-order valence-corrected chi connectivity index (χ4v) is 7.05. The molecule has 2 aliphatic heterocycles. The Kier molecular flexibility index (Phi) is 6.70. The molecule has 0 radical (unpaired) electrons. The van der Waals surface area contributed by atoms with E-state index in [1.165, 1.54) is 29.9 Å². The number of halogens is 2. The van der Waals surface area contributed by atoms with Gasteiger partial charge in [0.1, 0.15) is 23.3 Å². The lowest BCUT2D eigenvalue weighted by atomic mass is 9.94. The van der Waals surface area contributed by atoms with Crippen molar-refractivity contribution in [2.75, 3.05) is 26.2 Å². The topological polar surface area (TPSA) is 74.2 Å². The highest BCUT2D eigenvalue weighted by molar-refractivity contribution is 6.01. The van der Waals surface area contributed by atoms with Gasteiger partial charge in [-0.3, -0.25) is 19.1 Å². The molecular formula is C35H37F2N5O2. The minimum Gasteiger partial charge on any atom is -0.336 e. The molecule has 2 saturated carbocycles. The fraction of sp³-hybridized carbons (Fsp3) is 0.457. The Bertz CT molecular complexity index is 1830. The summed E-state index contributed by atoms with van der Waals surface area (Å²) in [4.78, 5) is 39.7. The van der Waals surface area contributed by atoms with Crippen molar-refractivity contribution in [3.05, 3.63) is 81.3 Å². The summed E-state index contributed by atoms with van der Waals surface area (Å²) in [5.41, 5.74) is 5.59. The van der Waals surface area contributed by atoms with Gasteiger partial charge in [-0.1, -0.05) is 19.1 Å². The summed E-state index contributed by atoms with van der Waals surface area (Å²) in [5.74, 6) is 1.34. The van der Waals surface area contributed by atoms with E-state index in [-0.39, 0.29) is 30.1 Å². The largest absolute Gasteiger partial charge is 0.336 e. The van der Waals surface area contributed by atoms with Crippen molar-refractivity contribution < 1.29 is 13.6 Å². The predicted molar refractivity (Wildman–Crippen MR) is 166 cm³/mol. The smallest absolute Gasteiger partial charge is 0.281 e. The number of H-pyrrole nitrogens is 1. The quantitative estimate of drug-likeness (QED) is 0.271. The van der Waals surface area contributed by atoms with Crippen molar-refractivity contribution in [3.63, 3.8) is 0 Å². The summed E-state index contributed by atoms with van der Waals surface area (Å²) in [6.45, 7) is 5.10. The number of hydrogen-bond donors (Lipinski definition) is 1. The zero-order valence-electron chi connectivity index (χ0n) is 25.0. The molecule has 4 aliphatic rings. The van der Waals surface area contributed by atoms with E-state index >= 15 is 0 Å². The summed E-state index contributed by atoms with van der Waals surface area (Å²) in [6, 6.07) is 10.3. The molecule has 4 aromatic rings. The number of benzene rings is 2. The maximum absolute atomic E-state index is 14.4. The molecule has 4 fully saturated rings. The van der Waals surface area contributed by atoms with Crippen LogP contribution in [-0.2, 0) is 6.54 Å². The summed E-state index contributed by atoms with van der Waals surface area (Å²) >= 11 is 0. The van der Waals surface area contributed by atoms with Crippen LogP contribution < -0.4 is 5.56 Å². The number of fused-ring (bicyclic) bond motifs is 1. The zero-order chi connectivity index (χ0) is 30.1. The summed E-state index contributed by atoms with van der Waals surface area (Å²) < 4.78 is 29.8. The summed E-state index contributed by atoms with van der Waals surface area (Å²) in [7, 11) is 0. The first kappa shape index (κ1) is 27.7. The molecule has 228 valence electrons. The number of piperidine rings is 1. The molecule has 4 heterocycles. The number of nitrogens with one attached hydrogen (secondary N) is 1. The van der Waals surface area contributed by atoms with Crippen LogP contribution in [0.4, 0.5) is 8.78 Å². The highest BCUT2D eigenvalue weighted by Gasteiger charge is 2.33. The van der Waals surface area contributed by atoms with Gasteiger partial charge in [0, 0.05) is 24.0 Å².